The van der Waals surface area contributed by atoms with E-state index in [1.54, 1.807) is 18.6 Å². The Labute approximate surface area is 127 Å². The molecule has 1 aromatic heterocycles. The molecule has 0 fully saturated rings. The molecule has 0 atom stereocenters. The van der Waals surface area contributed by atoms with Crippen molar-refractivity contribution >= 4 is 17.3 Å². The first-order chi connectivity index (χ1) is 10.2. The Hall–Kier alpha value is -1.92. The number of imidazole rings is 1. The van der Waals surface area contributed by atoms with E-state index in [1.807, 2.05) is 10.8 Å². The maximum absolute atomic E-state index is 10.7. The van der Waals surface area contributed by atoms with Gasteiger partial charge in [0.25, 0.3) is 5.69 Å². The Morgan fingerprint density at radius 2 is 2.24 bits per heavy atom. The minimum absolute atomic E-state index is 0.0660. The van der Waals surface area contributed by atoms with Crippen LogP contribution in [0, 0.1) is 10.1 Å². The van der Waals surface area contributed by atoms with Gasteiger partial charge in [0.15, 0.2) is 0 Å². The van der Waals surface area contributed by atoms with Crippen LogP contribution < -0.4 is 5.32 Å². The van der Waals surface area contributed by atoms with E-state index in [0.29, 0.717) is 11.6 Å². The molecule has 0 unspecified atom stereocenters. The van der Waals surface area contributed by atoms with Gasteiger partial charge in [-0.1, -0.05) is 11.6 Å². The molecule has 6 nitrogen and oxygen atoms in total. The number of nitrogens with zero attached hydrogens (tertiary/aromatic N) is 3. The van der Waals surface area contributed by atoms with E-state index in [2.05, 4.69) is 10.3 Å². The largest absolute Gasteiger partial charge is 0.337 e. The van der Waals surface area contributed by atoms with Crippen LogP contribution >= 0.6 is 11.6 Å². The number of aromatic nitrogens is 2. The summed E-state index contributed by atoms with van der Waals surface area (Å²) >= 11 is 6.04. The lowest BCUT2D eigenvalue weighted by Gasteiger charge is -2.07. The predicted molar refractivity (Wildman–Crippen MR) is 81.3 cm³/mol. The van der Waals surface area contributed by atoms with Crippen molar-refractivity contribution in [1.82, 2.24) is 14.9 Å². The molecule has 2 aromatic rings. The lowest BCUT2D eigenvalue weighted by molar-refractivity contribution is -0.384. The number of hydrogen-bond donors (Lipinski definition) is 1. The van der Waals surface area contributed by atoms with Crippen molar-refractivity contribution in [3.8, 4) is 0 Å². The summed E-state index contributed by atoms with van der Waals surface area (Å²) in [5.41, 5.74) is 0.816. The van der Waals surface area contributed by atoms with E-state index in [4.69, 9.17) is 11.6 Å². The second kappa shape index (κ2) is 7.75. The third-order valence-corrected chi connectivity index (χ3v) is 3.50. The Morgan fingerprint density at radius 1 is 1.38 bits per heavy atom. The summed E-state index contributed by atoms with van der Waals surface area (Å²) in [5.74, 6) is 0. The van der Waals surface area contributed by atoms with Crippen molar-refractivity contribution in [2.75, 3.05) is 6.54 Å². The molecule has 1 N–H and O–H groups in total. The highest BCUT2D eigenvalue weighted by atomic mass is 35.5. The predicted octanol–water partition coefficient (Wildman–Crippen LogP) is 3.01. The molecule has 1 aromatic carbocycles. The van der Waals surface area contributed by atoms with E-state index in [1.165, 1.54) is 12.1 Å². The topological polar surface area (TPSA) is 73.0 Å². The summed E-state index contributed by atoms with van der Waals surface area (Å²) in [7, 11) is 0. The van der Waals surface area contributed by atoms with Gasteiger partial charge in [-0.05, 0) is 31.0 Å². The van der Waals surface area contributed by atoms with Crippen LogP contribution in [-0.4, -0.2) is 21.0 Å². The number of nitro benzene ring substituents is 1. The number of unbranched alkanes of at least 4 members (excludes halogenated alkanes) is 1. The normalized spacial score (nSPS) is 10.7. The molecular formula is C14H17ClN4O2. The molecule has 112 valence electrons. The average molecular weight is 309 g/mol. The van der Waals surface area contributed by atoms with Crippen molar-refractivity contribution in [3.05, 3.63) is 57.6 Å². The minimum Gasteiger partial charge on any atom is -0.337 e. The molecule has 0 saturated carbocycles. The van der Waals surface area contributed by atoms with Crippen LogP contribution in [0.25, 0.3) is 0 Å². The van der Waals surface area contributed by atoms with Gasteiger partial charge in [-0.2, -0.15) is 0 Å². The molecule has 0 aliphatic carbocycles. The lowest BCUT2D eigenvalue weighted by Crippen LogP contribution is -2.15. The molecular weight excluding hydrogens is 292 g/mol. The number of halogens is 1. The van der Waals surface area contributed by atoms with E-state index >= 15 is 0 Å². The van der Waals surface area contributed by atoms with Gasteiger partial charge in [-0.3, -0.25) is 10.1 Å². The van der Waals surface area contributed by atoms with E-state index in [0.717, 1.165) is 31.5 Å². The maximum atomic E-state index is 10.7. The number of aryl methyl sites for hydroxylation is 1. The Morgan fingerprint density at radius 3 is 2.95 bits per heavy atom. The summed E-state index contributed by atoms with van der Waals surface area (Å²) in [6, 6.07) is 4.49. The van der Waals surface area contributed by atoms with Crippen molar-refractivity contribution in [2.24, 2.45) is 0 Å². The second-order valence-electron chi connectivity index (χ2n) is 4.72. The van der Waals surface area contributed by atoms with Crippen LogP contribution in [0.1, 0.15) is 18.4 Å². The van der Waals surface area contributed by atoms with E-state index in [-0.39, 0.29) is 5.69 Å². The van der Waals surface area contributed by atoms with Gasteiger partial charge in [-0.15, -0.1) is 0 Å². The fourth-order valence-electron chi connectivity index (χ4n) is 2.00. The molecule has 21 heavy (non-hydrogen) atoms. The van der Waals surface area contributed by atoms with Gasteiger partial charge >= 0.3 is 0 Å². The van der Waals surface area contributed by atoms with Gasteiger partial charge in [0.05, 0.1) is 11.3 Å². The smallest absolute Gasteiger partial charge is 0.269 e. The number of non-ortho nitro benzene ring substituents is 1. The molecule has 7 heteroatoms. The summed E-state index contributed by atoms with van der Waals surface area (Å²) in [6.45, 7) is 2.32. The molecule has 0 spiro atoms. The highest BCUT2D eigenvalue weighted by Gasteiger charge is 2.09. The van der Waals surface area contributed by atoms with Crippen molar-refractivity contribution in [1.29, 1.82) is 0 Å². The Balaban J connectivity index is 1.70. The Kier molecular flexibility index (Phi) is 5.71. The summed E-state index contributed by atoms with van der Waals surface area (Å²) in [4.78, 5) is 14.3. The quantitative estimate of drug-likeness (QED) is 0.462. The van der Waals surface area contributed by atoms with E-state index in [9.17, 15) is 10.1 Å². The first kappa shape index (κ1) is 15.5. The van der Waals surface area contributed by atoms with Crippen LogP contribution in [0.3, 0.4) is 0 Å². The van der Waals surface area contributed by atoms with Crippen LogP contribution in [0.2, 0.25) is 5.02 Å². The highest BCUT2D eigenvalue weighted by Crippen LogP contribution is 2.21. The number of nitro groups is 1. The Bertz CT molecular complexity index is 587. The van der Waals surface area contributed by atoms with Crippen LogP contribution in [0.5, 0.6) is 0 Å². The second-order valence-corrected chi connectivity index (χ2v) is 5.12. The van der Waals surface area contributed by atoms with Gasteiger partial charge in [0.1, 0.15) is 0 Å². The number of nitrogens with one attached hydrogen (secondary N) is 1. The molecule has 0 bridgehead atoms. The first-order valence-corrected chi connectivity index (χ1v) is 7.14. The zero-order valence-corrected chi connectivity index (χ0v) is 12.3. The third kappa shape index (κ3) is 4.84. The van der Waals surface area contributed by atoms with Crippen LogP contribution in [0.4, 0.5) is 5.69 Å². The van der Waals surface area contributed by atoms with Gasteiger partial charge in [-0.25, -0.2) is 4.98 Å². The first-order valence-electron chi connectivity index (χ1n) is 6.76. The van der Waals surface area contributed by atoms with Gasteiger partial charge < -0.3 is 9.88 Å². The minimum atomic E-state index is -0.412. The molecule has 0 saturated heterocycles. The molecule has 0 radical (unpaired) electrons. The fourth-order valence-corrected chi connectivity index (χ4v) is 2.18. The lowest BCUT2D eigenvalue weighted by atomic mass is 10.2. The standard InChI is InChI=1S/C14H17ClN4O2/c15-14-4-3-13(19(20)21)9-12(14)10-16-5-1-2-7-18-8-6-17-11-18/h3-4,6,8-9,11,16H,1-2,5,7,10H2. The van der Waals surface area contributed by atoms with Crippen LogP contribution in [-0.2, 0) is 13.1 Å². The summed E-state index contributed by atoms with van der Waals surface area (Å²) in [5, 5.41) is 14.5. The number of hydrogen-bond acceptors (Lipinski definition) is 4. The molecule has 0 amide bonds. The van der Waals surface area contributed by atoms with Crippen molar-refractivity contribution < 1.29 is 4.92 Å². The SMILES string of the molecule is O=[N+]([O-])c1ccc(Cl)c(CNCCCCn2ccnc2)c1. The molecule has 0 aliphatic rings. The average Bonchev–Trinajstić information content (AvgIpc) is 2.97. The zero-order chi connectivity index (χ0) is 15.1. The zero-order valence-electron chi connectivity index (χ0n) is 11.5. The molecule has 2 rings (SSSR count). The van der Waals surface area contributed by atoms with Crippen molar-refractivity contribution in [2.45, 2.75) is 25.9 Å². The van der Waals surface area contributed by atoms with Crippen molar-refractivity contribution in [3.63, 3.8) is 0 Å². The molecule has 0 aliphatic heterocycles. The third-order valence-electron chi connectivity index (χ3n) is 3.13. The van der Waals surface area contributed by atoms with E-state index < -0.39 is 4.92 Å². The monoisotopic (exact) mass is 308 g/mol. The summed E-state index contributed by atoms with van der Waals surface area (Å²) in [6.07, 6.45) is 7.58. The van der Waals surface area contributed by atoms with Gasteiger partial charge in [0.2, 0.25) is 0 Å². The number of benzene rings is 1. The highest BCUT2D eigenvalue weighted by molar-refractivity contribution is 6.31. The molecule has 1 heterocycles. The summed E-state index contributed by atoms with van der Waals surface area (Å²) < 4.78 is 2.04. The van der Waals surface area contributed by atoms with Crippen LogP contribution in [0.15, 0.2) is 36.9 Å². The number of rotatable bonds is 8. The van der Waals surface area contributed by atoms with Gasteiger partial charge in [0, 0.05) is 42.6 Å². The fraction of sp³-hybridized carbons (Fsp3) is 0.357. The maximum Gasteiger partial charge on any atom is 0.269 e.